The van der Waals surface area contributed by atoms with E-state index in [-0.39, 0.29) is 0 Å². The van der Waals surface area contributed by atoms with Crippen LogP contribution in [0, 0.1) is 11.3 Å². The van der Waals surface area contributed by atoms with Crippen molar-refractivity contribution >= 4 is 23.6 Å². The zero-order valence-corrected chi connectivity index (χ0v) is 19.5. The Morgan fingerprint density at radius 1 is 0.944 bits per heavy atom. The number of anilines is 1. The molecule has 0 aliphatic carbocycles. The SMILES string of the molecule is N#CCc1ccc(NC(=O)COC(=O)/C=C/c2cn(Cc3ccccc3)nc2-c2ccccc2)cc1. The maximum absolute atomic E-state index is 12.3. The number of amides is 1. The van der Waals surface area contributed by atoms with Crippen LogP contribution in [-0.4, -0.2) is 28.3 Å². The highest BCUT2D eigenvalue weighted by Gasteiger charge is 2.11. The van der Waals surface area contributed by atoms with Crippen molar-refractivity contribution in [3.8, 4) is 17.3 Å². The first-order chi connectivity index (χ1) is 17.6. The number of esters is 1. The lowest BCUT2D eigenvalue weighted by Gasteiger charge is -2.06. The summed E-state index contributed by atoms with van der Waals surface area (Å²) in [6, 6.07) is 28.7. The molecule has 1 amide bonds. The van der Waals surface area contributed by atoms with Crippen molar-refractivity contribution in [2.45, 2.75) is 13.0 Å². The van der Waals surface area contributed by atoms with Crippen LogP contribution in [-0.2, 0) is 27.3 Å². The fourth-order valence-corrected chi connectivity index (χ4v) is 3.57. The molecule has 0 unspecified atom stereocenters. The second-order valence-electron chi connectivity index (χ2n) is 8.00. The van der Waals surface area contributed by atoms with Gasteiger partial charge in [-0.25, -0.2) is 4.79 Å². The summed E-state index contributed by atoms with van der Waals surface area (Å²) in [5, 5.41) is 16.1. The number of carbonyl (C=O) groups is 2. The molecule has 7 heteroatoms. The van der Waals surface area contributed by atoms with Gasteiger partial charge in [-0.1, -0.05) is 72.8 Å². The van der Waals surface area contributed by atoms with Crippen LogP contribution in [0.25, 0.3) is 17.3 Å². The van der Waals surface area contributed by atoms with E-state index in [4.69, 9.17) is 15.1 Å². The van der Waals surface area contributed by atoms with E-state index in [1.54, 1.807) is 30.3 Å². The standard InChI is InChI=1S/C29H24N4O3/c30-18-17-22-11-14-26(15-12-22)31-27(34)21-36-28(35)16-13-25-20-33(19-23-7-3-1-4-8-23)32-29(25)24-9-5-2-6-10-24/h1-16,20H,17,19,21H2,(H,31,34)/b16-13+. The number of nitrogens with one attached hydrogen (secondary N) is 1. The van der Waals surface area contributed by atoms with Crippen molar-refractivity contribution in [1.29, 1.82) is 5.26 Å². The molecule has 1 heterocycles. The quantitative estimate of drug-likeness (QED) is 0.275. The highest BCUT2D eigenvalue weighted by molar-refractivity contribution is 5.95. The Labute approximate surface area is 209 Å². The van der Waals surface area contributed by atoms with Crippen LogP contribution in [0.2, 0.25) is 0 Å². The molecule has 0 aliphatic rings. The van der Waals surface area contributed by atoms with Crippen molar-refractivity contribution < 1.29 is 14.3 Å². The summed E-state index contributed by atoms with van der Waals surface area (Å²) < 4.78 is 6.93. The van der Waals surface area contributed by atoms with Crippen molar-refractivity contribution in [3.05, 3.63) is 114 Å². The summed E-state index contributed by atoms with van der Waals surface area (Å²) in [6.45, 7) is 0.179. The minimum atomic E-state index is -0.635. The molecular formula is C29H24N4O3. The number of hydrogen-bond acceptors (Lipinski definition) is 5. The molecule has 0 radical (unpaired) electrons. The molecule has 0 aliphatic heterocycles. The minimum Gasteiger partial charge on any atom is -0.452 e. The minimum absolute atomic E-state index is 0.301. The van der Waals surface area contributed by atoms with Gasteiger partial charge >= 0.3 is 5.97 Å². The van der Waals surface area contributed by atoms with Gasteiger partial charge in [0.2, 0.25) is 0 Å². The summed E-state index contributed by atoms with van der Waals surface area (Å²) in [7, 11) is 0. The van der Waals surface area contributed by atoms with Crippen molar-refractivity contribution in [2.75, 3.05) is 11.9 Å². The third kappa shape index (κ3) is 6.78. The maximum Gasteiger partial charge on any atom is 0.331 e. The summed E-state index contributed by atoms with van der Waals surface area (Å²) in [5.41, 5.74) is 4.96. The number of aromatic nitrogens is 2. The van der Waals surface area contributed by atoms with Gasteiger partial charge in [0.1, 0.15) is 0 Å². The van der Waals surface area contributed by atoms with E-state index in [9.17, 15) is 9.59 Å². The molecule has 4 aromatic rings. The molecule has 7 nitrogen and oxygen atoms in total. The predicted octanol–water partition coefficient (Wildman–Crippen LogP) is 4.86. The third-order valence-electron chi connectivity index (χ3n) is 5.29. The molecule has 1 aromatic heterocycles. The normalized spacial score (nSPS) is 10.6. The van der Waals surface area contributed by atoms with E-state index in [2.05, 4.69) is 11.4 Å². The second kappa shape index (κ2) is 12.0. The third-order valence-corrected chi connectivity index (χ3v) is 5.29. The highest BCUT2D eigenvalue weighted by Crippen LogP contribution is 2.23. The van der Waals surface area contributed by atoms with Crippen molar-refractivity contribution in [3.63, 3.8) is 0 Å². The van der Waals surface area contributed by atoms with Gasteiger partial charge in [0.15, 0.2) is 6.61 Å². The van der Waals surface area contributed by atoms with Crippen LogP contribution in [0.1, 0.15) is 16.7 Å². The van der Waals surface area contributed by atoms with Gasteiger partial charge < -0.3 is 10.1 Å². The van der Waals surface area contributed by atoms with Crippen molar-refractivity contribution in [2.24, 2.45) is 0 Å². The first kappa shape index (κ1) is 24.2. The lowest BCUT2D eigenvalue weighted by molar-refractivity contribution is -0.142. The Balaban J connectivity index is 1.39. The molecule has 178 valence electrons. The Kier molecular flexibility index (Phi) is 8.03. The molecule has 4 rings (SSSR count). The fourth-order valence-electron chi connectivity index (χ4n) is 3.57. The summed E-state index contributed by atoms with van der Waals surface area (Å²) in [5.74, 6) is -1.09. The first-order valence-electron chi connectivity index (χ1n) is 11.4. The number of nitrogens with zero attached hydrogens (tertiary/aromatic N) is 3. The molecule has 3 aromatic carbocycles. The molecule has 0 bridgehead atoms. The topological polar surface area (TPSA) is 97.0 Å². The summed E-state index contributed by atoms with van der Waals surface area (Å²) in [4.78, 5) is 24.4. The average molecular weight is 477 g/mol. The Morgan fingerprint density at radius 3 is 2.33 bits per heavy atom. The molecule has 0 fully saturated rings. The largest absolute Gasteiger partial charge is 0.452 e. The van der Waals surface area contributed by atoms with Gasteiger partial charge in [0.25, 0.3) is 5.91 Å². The molecule has 1 N–H and O–H groups in total. The van der Waals surface area contributed by atoms with Gasteiger partial charge in [0.05, 0.1) is 24.7 Å². The lowest BCUT2D eigenvalue weighted by atomic mass is 10.1. The predicted molar refractivity (Wildman–Crippen MR) is 138 cm³/mol. The van der Waals surface area contributed by atoms with Gasteiger partial charge in [-0.05, 0) is 29.3 Å². The van der Waals surface area contributed by atoms with Crippen LogP contribution in [0.15, 0.2) is 97.2 Å². The molecule has 0 saturated carbocycles. The molecule has 0 atom stereocenters. The van der Waals surface area contributed by atoms with E-state index in [0.717, 1.165) is 27.9 Å². The first-order valence-corrected chi connectivity index (χ1v) is 11.4. The number of rotatable bonds is 9. The van der Waals surface area contributed by atoms with Gasteiger partial charge in [-0.15, -0.1) is 0 Å². The van der Waals surface area contributed by atoms with E-state index in [0.29, 0.717) is 18.7 Å². The monoisotopic (exact) mass is 476 g/mol. The fraction of sp³-hybridized carbons (Fsp3) is 0.103. The molecular weight excluding hydrogens is 452 g/mol. The van der Waals surface area contributed by atoms with Crippen LogP contribution in [0.4, 0.5) is 5.69 Å². The number of carbonyl (C=O) groups excluding carboxylic acids is 2. The smallest absolute Gasteiger partial charge is 0.331 e. The van der Waals surface area contributed by atoms with Crippen LogP contribution in [0.3, 0.4) is 0 Å². The zero-order chi connectivity index (χ0) is 25.2. The Morgan fingerprint density at radius 2 is 1.64 bits per heavy atom. The summed E-state index contributed by atoms with van der Waals surface area (Å²) in [6.07, 6.45) is 5.11. The lowest BCUT2D eigenvalue weighted by Crippen LogP contribution is -2.20. The van der Waals surface area contributed by atoms with Gasteiger partial charge in [-0.2, -0.15) is 10.4 Å². The van der Waals surface area contributed by atoms with E-state index < -0.39 is 18.5 Å². The number of benzene rings is 3. The second-order valence-corrected chi connectivity index (χ2v) is 8.00. The van der Waals surface area contributed by atoms with Crippen LogP contribution >= 0.6 is 0 Å². The number of ether oxygens (including phenoxy) is 1. The van der Waals surface area contributed by atoms with Crippen LogP contribution < -0.4 is 5.32 Å². The summed E-state index contributed by atoms with van der Waals surface area (Å²) >= 11 is 0. The number of hydrogen-bond donors (Lipinski definition) is 1. The van der Waals surface area contributed by atoms with Crippen molar-refractivity contribution in [1.82, 2.24) is 9.78 Å². The van der Waals surface area contributed by atoms with E-state index in [1.165, 1.54) is 6.08 Å². The molecule has 36 heavy (non-hydrogen) atoms. The Bertz CT molecular complexity index is 1390. The number of nitriles is 1. The van der Waals surface area contributed by atoms with Gasteiger partial charge in [-0.3, -0.25) is 9.48 Å². The van der Waals surface area contributed by atoms with Crippen LogP contribution in [0.5, 0.6) is 0 Å². The van der Waals surface area contributed by atoms with Gasteiger partial charge in [0, 0.05) is 29.1 Å². The highest BCUT2D eigenvalue weighted by atomic mass is 16.5. The Hall–Kier alpha value is -4.96. The zero-order valence-electron chi connectivity index (χ0n) is 19.5. The van der Waals surface area contributed by atoms with E-state index in [1.807, 2.05) is 71.5 Å². The maximum atomic E-state index is 12.3. The van der Waals surface area contributed by atoms with E-state index >= 15 is 0 Å². The average Bonchev–Trinajstić information content (AvgIpc) is 3.31. The molecule has 0 saturated heterocycles. The molecule has 0 spiro atoms.